The maximum absolute atomic E-state index is 15.1. The standard InChI is InChI=1S/C80H108O25/c1-9-10-11-12-13-14-15-16-17-30-39-90-56-80(40-81,41-82)57-105-72(89)79(8,54-103-70(87)77(6,50-99-66(83)73(2)42-91-62(92-43-73)58-31-22-18-23-32-58)51-100-67(84)74(3)44-93-63(94-45-74)59-33-24-19-25-34-59)55-104-71(88)78(7,52-101-68(85)75(4)46-95-64(96-47-75)60-35-26-20-27-36-60)53-102-69(86)76(5)48-97-65(98-49-76)61-37-28-21-29-38-61/h18-29,31-38,62-65,81-82H,9-17,30,39-57H2,1-8H3. The van der Waals surface area contributed by atoms with Gasteiger partial charge in [-0.25, -0.2) is 0 Å². The molecule has 4 saturated heterocycles. The highest BCUT2D eigenvalue weighted by molar-refractivity contribution is 5.84. The number of aliphatic hydroxyl groups excluding tert-OH is 2. The Bertz CT molecular complexity index is 3000. The average molecular weight is 1470 g/mol. The molecule has 105 heavy (non-hydrogen) atoms. The highest BCUT2D eigenvalue weighted by Crippen LogP contribution is 2.40. The first-order valence-corrected chi connectivity index (χ1v) is 36.4. The van der Waals surface area contributed by atoms with Crippen molar-refractivity contribution < 1.29 is 120 Å². The number of hydrogen-bond acceptors (Lipinski definition) is 25. The highest BCUT2D eigenvalue weighted by atomic mass is 16.7. The molecule has 578 valence electrons. The van der Waals surface area contributed by atoms with Crippen LogP contribution in [0.5, 0.6) is 0 Å². The maximum Gasteiger partial charge on any atom is 0.318 e. The molecule has 4 heterocycles. The van der Waals surface area contributed by atoms with Crippen molar-refractivity contribution in [3.8, 4) is 0 Å². The summed E-state index contributed by atoms with van der Waals surface area (Å²) in [5, 5.41) is 21.6. The summed E-state index contributed by atoms with van der Waals surface area (Å²) in [5.74, 6) is -6.87. The molecule has 4 aromatic carbocycles. The van der Waals surface area contributed by atoms with Crippen LogP contribution in [0.2, 0.25) is 0 Å². The van der Waals surface area contributed by atoms with E-state index in [9.17, 15) is 29.4 Å². The van der Waals surface area contributed by atoms with Gasteiger partial charge in [-0.3, -0.25) is 33.6 Å². The minimum Gasteiger partial charge on any atom is -0.464 e. The van der Waals surface area contributed by atoms with Crippen LogP contribution in [-0.4, -0.2) is 178 Å². The van der Waals surface area contributed by atoms with Crippen LogP contribution in [-0.2, 0) is 109 Å². The Morgan fingerprint density at radius 3 is 0.819 bits per heavy atom. The topological polar surface area (TPSA) is 308 Å². The molecule has 2 N–H and O–H groups in total. The zero-order valence-electron chi connectivity index (χ0n) is 62.1. The summed E-state index contributed by atoms with van der Waals surface area (Å²) in [4.78, 5) is 102. The van der Waals surface area contributed by atoms with Gasteiger partial charge in [0.25, 0.3) is 0 Å². The number of aliphatic hydroxyl groups is 2. The molecule has 0 aliphatic carbocycles. The third kappa shape index (κ3) is 23.1. The Balaban J connectivity index is 1.02. The van der Waals surface area contributed by atoms with E-state index in [-0.39, 0.29) is 59.5 Å². The van der Waals surface area contributed by atoms with Crippen LogP contribution in [0.25, 0.3) is 0 Å². The minimum atomic E-state index is -2.21. The molecule has 0 unspecified atom stereocenters. The molecule has 4 aliphatic heterocycles. The number of rotatable bonds is 40. The molecule has 25 nitrogen and oxygen atoms in total. The van der Waals surface area contributed by atoms with Gasteiger partial charge in [0, 0.05) is 28.9 Å². The third-order valence-electron chi connectivity index (χ3n) is 19.5. The molecule has 4 fully saturated rings. The summed E-state index contributed by atoms with van der Waals surface area (Å²) in [5.41, 5.74) is -10.6. The Labute approximate surface area is 616 Å². The minimum absolute atomic E-state index is 0.149. The van der Waals surface area contributed by atoms with E-state index in [2.05, 4.69) is 6.92 Å². The number of esters is 7. The van der Waals surface area contributed by atoms with E-state index in [1.54, 1.807) is 27.7 Å². The Kier molecular flexibility index (Phi) is 31.0. The number of ether oxygens (including phenoxy) is 16. The summed E-state index contributed by atoms with van der Waals surface area (Å²) >= 11 is 0. The van der Waals surface area contributed by atoms with Crippen molar-refractivity contribution in [1.29, 1.82) is 0 Å². The van der Waals surface area contributed by atoms with Gasteiger partial charge in [-0.2, -0.15) is 0 Å². The zero-order valence-corrected chi connectivity index (χ0v) is 62.1. The SMILES string of the molecule is CCCCCCCCCCCCOCC(CO)(CO)COC(=O)C(C)(COC(=O)C(C)(COC(=O)C1(C)COC(c2ccccc2)OC1)COC(=O)C1(C)COC(c2ccccc2)OC1)COC(=O)C(C)(COC(=O)C1(C)COC(c2ccccc2)OC1)COC(=O)C1(C)COC(c2ccccc2)OC1. The van der Waals surface area contributed by atoms with Crippen LogP contribution >= 0.6 is 0 Å². The maximum atomic E-state index is 15.1. The fourth-order valence-corrected chi connectivity index (χ4v) is 11.6. The average Bonchev–Trinajstić information content (AvgIpc) is 0.813. The van der Waals surface area contributed by atoms with Crippen molar-refractivity contribution in [1.82, 2.24) is 0 Å². The molecule has 0 atom stereocenters. The van der Waals surface area contributed by atoms with Crippen molar-refractivity contribution in [2.24, 2.45) is 43.3 Å². The Hall–Kier alpha value is -7.27. The van der Waals surface area contributed by atoms with Crippen LogP contribution < -0.4 is 0 Å². The van der Waals surface area contributed by atoms with E-state index >= 15 is 14.4 Å². The molecular formula is C80H108O25. The summed E-state index contributed by atoms with van der Waals surface area (Å²) < 4.78 is 95.6. The quantitative estimate of drug-likeness (QED) is 0.0237. The molecular weight excluding hydrogens is 1360 g/mol. The van der Waals surface area contributed by atoms with Crippen molar-refractivity contribution in [3.05, 3.63) is 144 Å². The number of unbranched alkanes of at least 4 members (excludes halogenated alkanes) is 9. The number of hydrogen-bond donors (Lipinski definition) is 2. The molecule has 0 radical (unpaired) electrons. The number of carbonyl (C=O) groups is 7. The predicted octanol–water partition coefficient (Wildman–Crippen LogP) is 10.7. The molecule has 4 aromatic rings. The summed E-state index contributed by atoms with van der Waals surface area (Å²) in [6, 6.07) is 36.4. The first-order valence-electron chi connectivity index (χ1n) is 36.4. The summed E-state index contributed by atoms with van der Waals surface area (Å²) in [7, 11) is 0. The lowest BCUT2D eigenvalue weighted by Gasteiger charge is -2.38. The van der Waals surface area contributed by atoms with Gasteiger partial charge in [-0.1, -0.05) is 186 Å². The lowest BCUT2D eigenvalue weighted by atomic mass is 9.89. The fraction of sp³-hybridized carbons (Fsp3) is 0.613. The van der Waals surface area contributed by atoms with E-state index in [4.69, 9.17) is 75.8 Å². The van der Waals surface area contributed by atoms with Crippen molar-refractivity contribution in [2.75, 3.05) is 126 Å². The van der Waals surface area contributed by atoms with Crippen LogP contribution in [0.1, 0.15) is 167 Å². The second-order valence-electron chi connectivity index (χ2n) is 30.5. The Morgan fingerprint density at radius 2 is 0.571 bits per heavy atom. The van der Waals surface area contributed by atoms with E-state index in [1.165, 1.54) is 52.9 Å². The highest BCUT2D eigenvalue weighted by Gasteiger charge is 2.52. The van der Waals surface area contributed by atoms with Crippen molar-refractivity contribution >= 4 is 41.8 Å². The molecule has 0 spiro atoms. The molecule has 25 heteroatoms. The fourth-order valence-electron chi connectivity index (χ4n) is 11.6. The summed E-state index contributed by atoms with van der Waals surface area (Å²) in [6.45, 7) is 4.15. The van der Waals surface area contributed by atoms with Crippen LogP contribution in [0, 0.1) is 43.3 Å². The van der Waals surface area contributed by atoms with Gasteiger partial charge in [-0.15, -0.1) is 0 Å². The van der Waals surface area contributed by atoms with Gasteiger partial charge < -0.3 is 86.0 Å². The van der Waals surface area contributed by atoms with E-state index in [1.807, 2.05) is 121 Å². The van der Waals surface area contributed by atoms with E-state index in [0.717, 1.165) is 47.9 Å². The van der Waals surface area contributed by atoms with Crippen LogP contribution in [0.4, 0.5) is 0 Å². The zero-order chi connectivity index (χ0) is 75.6. The molecule has 0 saturated carbocycles. The second-order valence-corrected chi connectivity index (χ2v) is 30.5. The molecule has 0 amide bonds. The number of carbonyl (C=O) groups excluding carboxylic acids is 7. The van der Waals surface area contributed by atoms with E-state index < -0.39 is 170 Å². The largest absolute Gasteiger partial charge is 0.464 e. The molecule has 4 aliphatic rings. The van der Waals surface area contributed by atoms with Crippen LogP contribution in [0.3, 0.4) is 0 Å². The molecule has 0 aromatic heterocycles. The van der Waals surface area contributed by atoms with Gasteiger partial charge in [0.2, 0.25) is 0 Å². The molecule has 8 rings (SSSR count). The smallest absolute Gasteiger partial charge is 0.318 e. The lowest BCUT2D eigenvalue weighted by molar-refractivity contribution is -0.240. The molecule has 0 bridgehead atoms. The Morgan fingerprint density at radius 1 is 0.343 bits per heavy atom. The van der Waals surface area contributed by atoms with Crippen molar-refractivity contribution in [3.63, 3.8) is 0 Å². The second kappa shape index (κ2) is 39.0. The third-order valence-corrected chi connectivity index (χ3v) is 19.5. The van der Waals surface area contributed by atoms with Gasteiger partial charge in [0.05, 0.1) is 78.1 Å². The monoisotopic (exact) mass is 1470 g/mol. The van der Waals surface area contributed by atoms with Crippen molar-refractivity contribution in [2.45, 2.75) is 145 Å². The summed E-state index contributed by atoms with van der Waals surface area (Å²) in [6.07, 6.45) is 7.79. The first kappa shape index (κ1) is 83.4. The van der Waals surface area contributed by atoms with Gasteiger partial charge in [0.1, 0.15) is 84.2 Å². The van der Waals surface area contributed by atoms with Gasteiger partial charge >= 0.3 is 41.8 Å². The lowest BCUT2D eigenvalue weighted by Crippen LogP contribution is -2.50. The van der Waals surface area contributed by atoms with Crippen LogP contribution in [0.15, 0.2) is 121 Å². The van der Waals surface area contributed by atoms with Gasteiger partial charge in [0.15, 0.2) is 25.2 Å². The predicted molar refractivity (Wildman–Crippen MR) is 377 cm³/mol. The first-order chi connectivity index (χ1) is 50.3. The van der Waals surface area contributed by atoms with Gasteiger partial charge in [-0.05, 0) is 54.9 Å². The normalized spacial score (nSPS) is 25.2. The van der Waals surface area contributed by atoms with E-state index in [0.29, 0.717) is 13.0 Å². The number of benzene rings is 4.